The van der Waals surface area contributed by atoms with Gasteiger partial charge < -0.3 is 4.74 Å². The molecule has 1 nitrogen and oxygen atoms in total. The van der Waals surface area contributed by atoms with E-state index in [1.165, 1.54) is 56.9 Å². The maximum absolute atomic E-state index is 15.2. The molecular formula is C29H35FO. The van der Waals surface area contributed by atoms with Gasteiger partial charge in [0.05, 0.1) is 7.11 Å². The zero-order valence-corrected chi connectivity index (χ0v) is 19.0. The fourth-order valence-electron chi connectivity index (χ4n) is 5.16. The number of methoxy groups -OCH3 is 1. The molecule has 164 valence electrons. The van der Waals surface area contributed by atoms with Crippen molar-refractivity contribution in [3.63, 3.8) is 0 Å². The summed E-state index contributed by atoms with van der Waals surface area (Å²) in [6.45, 7) is 2.29. The third kappa shape index (κ3) is 5.29. The second-order valence-corrected chi connectivity index (χ2v) is 9.28. The number of hydrogen-bond donors (Lipinski definition) is 0. The SMILES string of the molecule is CCCC[C@H]1CC[C@H](CCc2ccc3c(F)c(-c4ccc(OC)cc4)ccc3c2)CC1. The third-order valence-electron chi connectivity index (χ3n) is 7.19. The van der Waals surface area contributed by atoms with Crippen LogP contribution >= 0.6 is 0 Å². The van der Waals surface area contributed by atoms with E-state index in [9.17, 15) is 0 Å². The summed E-state index contributed by atoms with van der Waals surface area (Å²) in [6, 6.07) is 17.8. The molecule has 0 N–H and O–H groups in total. The predicted octanol–water partition coefficient (Wildman–Crippen LogP) is 8.58. The van der Waals surface area contributed by atoms with Gasteiger partial charge in [0.25, 0.3) is 0 Å². The van der Waals surface area contributed by atoms with E-state index in [1.807, 2.05) is 36.4 Å². The van der Waals surface area contributed by atoms with Gasteiger partial charge in [0, 0.05) is 10.9 Å². The van der Waals surface area contributed by atoms with Gasteiger partial charge in [-0.2, -0.15) is 0 Å². The number of halogens is 1. The van der Waals surface area contributed by atoms with Crippen LogP contribution in [0.15, 0.2) is 54.6 Å². The summed E-state index contributed by atoms with van der Waals surface area (Å²) in [5, 5.41) is 1.70. The summed E-state index contributed by atoms with van der Waals surface area (Å²) >= 11 is 0. The molecule has 1 aliphatic carbocycles. The molecule has 31 heavy (non-hydrogen) atoms. The first-order chi connectivity index (χ1) is 15.2. The number of unbranched alkanes of at least 4 members (excludes halogenated alkanes) is 1. The highest BCUT2D eigenvalue weighted by atomic mass is 19.1. The standard InChI is InChI=1S/C29H35FO/c1-3-4-5-21-6-8-22(9-7-21)10-11-23-12-18-28-25(20-23)15-19-27(29(28)30)24-13-16-26(31-2)17-14-24/h12-22H,3-11H2,1-2H3/t21-,22-. The molecule has 0 atom stereocenters. The molecule has 1 aliphatic rings. The van der Waals surface area contributed by atoms with E-state index in [0.717, 1.165) is 35.0 Å². The number of ether oxygens (including phenoxy) is 1. The van der Waals surface area contributed by atoms with E-state index in [0.29, 0.717) is 10.9 Å². The Bertz CT molecular complexity index is 984. The quantitative estimate of drug-likeness (QED) is 0.356. The molecule has 2 heteroatoms. The monoisotopic (exact) mass is 418 g/mol. The van der Waals surface area contributed by atoms with Crippen LogP contribution in [0, 0.1) is 17.7 Å². The Morgan fingerprint density at radius 2 is 1.58 bits per heavy atom. The molecule has 0 radical (unpaired) electrons. The molecule has 3 aromatic rings. The van der Waals surface area contributed by atoms with Gasteiger partial charge in [-0.1, -0.05) is 94.3 Å². The van der Waals surface area contributed by atoms with Crippen LogP contribution in [0.2, 0.25) is 0 Å². The molecule has 0 heterocycles. The first-order valence-corrected chi connectivity index (χ1v) is 12.0. The van der Waals surface area contributed by atoms with Crippen molar-refractivity contribution in [2.75, 3.05) is 7.11 Å². The maximum Gasteiger partial charge on any atom is 0.138 e. The molecule has 4 rings (SSSR count). The Labute approximate surface area is 186 Å². The lowest BCUT2D eigenvalue weighted by molar-refractivity contribution is 0.250. The average Bonchev–Trinajstić information content (AvgIpc) is 2.82. The van der Waals surface area contributed by atoms with Crippen molar-refractivity contribution in [3.05, 3.63) is 66.0 Å². The van der Waals surface area contributed by atoms with Gasteiger partial charge >= 0.3 is 0 Å². The number of aryl methyl sites for hydroxylation is 1. The van der Waals surface area contributed by atoms with Crippen LogP contribution in [0.25, 0.3) is 21.9 Å². The highest BCUT2D eigenvalue weighted by molar-refractivity contribution is 5.88. The maximum atomic E-state index is 15.2. The zero-order valence-electron chi connectivity index (χ0n) is 19.0. The first kappa shape index (κ1) is 21.9. The van der Waals surface area contributed by atoms with Crippen molar-refractivity contribution in [3.8, 4) is 16.9 Å². The van der Waals surface area contributed by atoms with Crippen LogP contribution in [-0.2, 0) is 6.42 Å². The Hall–Kier alpha value is -2.35. The van der Waals surface area contributed by atoms with Crippen LogP contribution in [0.5, 0.6) is 5.75 Å². The Kier molecular flexibility index (Phi) is 7.27. The summed E-state index contributed by atoms with van der Waals surface area (Å²) in [7, 11) is 1.64. The van der Waals surface area contributed by atoms with Gasteiger partial charge in [-0.3, -0.25) is 0 Å². The lowest BCUT2D eigenvalue weighted by Gasteiger charge is -2.28. The van der Waals surface area contributed by atoms with E-state index in [4.69, 9.17) is 4.74 Å². The van der Waals surface area contributed by atoms with Crippen LogP contribution in [0.3, 0.4) is 0 Å². The van der Waals surface area contributed by atoms with Crippen molar-refractivity contribution in [1.29, 1.82) is 0 Å². The van der Waals surface area contributed by atoms with Gasteiger partial charge in [0.2, 0.25) is 0 Å². The molecule has 0 unspecified atom stereocenters. The van der Waals surface area contributed by atoms with E-state index in [2.05, 4.69) is 25.1 Å². The van der Waals surface area contributed by atoms with Gasteiger partial charge in [-0.15, -0.1) is 0 Å². The summed E-state index contributed by atoms with van der Waals surface area (Å²) in [6.07, 6.45) is 12.1. The molecule has 0 bridgehead atoms. The van der Waals surface area contributed by atoms with Crippen LogP contribution in [0.1, 0.15) is 63.9 Å². The fourth-order valence-corrected chi connectivity index (χ4v) is 5.16. The summed E-state index contributed by atoms with van der Waals surface area (Å²) < 4.78 is 20.5. The largest absolute Gasteiger partial charge is 0.497 e. The number of benzene rings is 3. The van der Waals surface area contributed by atoms with Crippen molar-refractivity contribution in [1.82, 2.24) is 0 Å². The molecule has 3 aromatic carbocycles. The van der Waals surface area contributed by atoms with E-state index in [1.54, 1.807) is 7.11 Å². The normalized spacial score (nSPS) is 18.9. The van der Waals surface area contributed by atoms with Crippen molar-refractivity contribution in [2.24, 2.45) is 11.8 Å². The van der Waals surface area contributed by atoms with Crippen molar-refractivity contribution in [2.45, 2.75) is 64.7 Å². The van der Waals surface area contributed by atoms with E-state index >= 15 is 4.39 Å². The Morgan fingerprint density at radius 1 is 0.871 bits per heavy atom. The predicted molar refractivity (Wildman–Crippen MR) is 129 cm³/mol. The number of rotatable bonds is 8. The summed E-state index contributed by atoms with van der Waals surface area (Å²) in [5.41, 5.74) is 2.85. The molecule has 0 aromatic heterocycles. The minimum Gasteiger partial charge on any atom is -0.497 e. The summed E-state index contributed by atoms with van der Waals surface area (Å²) in [4.78, 5) is 0. The van der Waals surface area contributed by atoms with Gasteiger partial charge in [0.15, 0.2) is 0 Å². The summed E-state index contributed by atoms with van der Waals surface area (Å²) in [5.74, 6) is 2.48. The van der Waals surface area contributed by atoms with Gasteiger partial charge in [-0.25, -0.2) is 4.39 Å². The third-order valence-corrected chi connectivity index (χ3v) is 7.19. The number of fused-ring (bicyclic) bond motifs is 1. The number of hydrogen-bond acceptors (Lipinski definition) is 1. The fraction of sp³-hybridized carbons (Fsp3) is 0.448. The van der Waals surface area contributed by atoms with Crippen LogP contribution < -0.4 is 4.74 Å². The zero-order chi connectivity index (χ0) is 21.6. The Morgan fingerprint density at radius 3 is 2.26 bits per heavy atom. The van der Waals surface area contributed by atoms with E-state index in [-0.39, 0.29) is 5.82 Å². The highest BCUT2D eigenvalue weighted by Gasteiger charge is 2.20. The molecule has 0 amide bonds. The molecular weight excluding hydrogens is 383 g/mol. The molecule has 1 saturated carbocycles. The molecule has 0 aliphatic heterocycles. The van der Waals surface area contributed by atoms with Crippen molar-refractivity contribution < 1.29 is 9.13 Å². The highest BCUT2D eigenvalue weighted by Crippen LogP contribution is 2.35. The average molecular weight is 419 g/mol. The second-order valence-electron chi connectivity index (χ2n) is 9.28. The molecule has 0 saturated heterocycles. The van der Waals surface area contributed by atoms with Crippen LogP contribution in [-0.4, -0.2) is 7.11 Å². The topological polar surface area (TPSA) is 9.23 Å². The lowest BCUT2D eigenvalue weighted by Crippen LogP contribution is -2.15. The Balaban J connectivity index is 1.40. The van der Waals surface area contributed by atoms with Gasteiger partial charge in [0.1, 0.15) is 11.6 Å². The smallest absolute Gasteiger partial charge is 0.138 e. The van der Waals surface area contributed by atoms with Crippen molar-refractivity contribution >= 4 is 10.8 Å². The first-order valence-electron chi connectivity index (χ1n) is 12.0. The minimum atomic E-state index is -0.139. The second kappa shape index (κ2) is 10.3. The lowest BCUT2D eigenvalue weighted by atomic mass is 9.78. The van der Waals surface area contributed by atoms with Gasteiger partial charge in [-0.05, 0) is 53.3 Å². The van der Waals surface area contributed by atoms with Crippen LogP contribution in [0.4, 0.5) is 4.39 Å². The molecule has 1 fully saturated rings. The minimum absolute atomic E-state index is 0.139. The van der Waals surface area contributed by atoms with E-state index < -0.39 is 0 Å². The molecule has 0 spiro atoms.